The van der Waals surface area contributed by atoms with E-state index in [0.717, 1.165) is 23.7 Å². The highest BCUT2D eigenvalue weighted by molar-refractivity contribution is 7.53. The first-order valence-electron chi connectivity index (χ1n) is 11.2. The van der Waals surface area contributed by atoms with Crippen LogP contribution in [0.4, 0.5) is 0 Å². The number of nitrogens with one attached hydrogen (secondary N) is 2. The maximum Gasteiger partial charge on any atom is 0.372 e. The van der Waals surface area contributed by atoms with Gasteiger partial charge in [-0.1, -0.05) is 30.3 Å². The van der Waals surface area contributed by atoms with Gasteiger partial charge in [0.25, 0.3) is 0 Å². The van der Waals surface area contributed by atoms with Gasteiger partial charge in [-0.25, -0.2) is 0 Å². The van der Waals surface area contributed by atoms with Crippen LogP contribution in [0.25, 0.3) is 10.8 Å². The topological polar surface area (TPSA) is 142 Å². The molecular weight excluding hydrogens is 467 g/mol. The lowest BCUT2D eigenvalue weighted by atomic mass is 10.1. The Bertz CT molecular complexity index is 1300. The summed E-state index contributed by atoms with van der Waals surface area (Å²) in [7, 11) is -3.00. The zero-order valence-electron chi connectivity index (χ0n) is 19.6. The third kappa shape index (κ3) is 5.65. The van der Waals surface area contributed by atoms with Crippen LogP contribution >= 0.6 is 7.60 Å². The summed E-state index contributed by atoms with van der Waals surface area (Å²) in [5.74, 6) is 0.238. The highest BCUT2D eigenvalue weighted by Gasteiger charge is 2.35. The molecule has 0 bridgehead atoms. The van der Waals surface area contributed by atoms with E-state index in [1.165, 1.54) is 7.11 Å². The van der Waals surface area contributed by atoms with E-state index in [1.54, 1.807) is 55.5 Å². The summed E-state index contributed by atoms with van der Waals surface area (Å²) < 4.78 is 29.8. The molecule has 35 heavy (non-hydrogen) atoms. The average molecular weight is 497 g/mol. The lowest BCUT2D eigenvalue weighted by Gasteiger charge is -2.23. The van der Waals surface area contributed by atoms with Crippen LogP contribution in [0.5, 0.6) is 11.5 Å². The second-order valence-electron chi connectivity index (χ2n) is 8.48. The number of fused-ring (bicyclic) bond motifs is 1. The highest BCUT2D eigenvalue weighted by Crippen LogP contribution is 2.56. The van der Waals surface area contributed by atoms with Gasteiger partial charge in [-0.15, -0.1) is 0 Å². The summed E-state index contributed by atoms with van der Waals surface area (Å²) in [5, 5.41) is 17.1. The van der Waals surface area contributed by atoms with Gasteiger partial charge in [-0.05, 0) is 48.0 Å². The number of benzene rings is 3. The highest BCUT2D eigenvalue weighted by atomic mass is 31.2. The van der Waals surface area contributed by atoms with Crippen molar-refractivity contribution >= 4 is 30.0 Å². The Morgan fingerprint density at radius 3 is 2.40 bits per heavy atom. The number of hydrogen-bond donors (Lipinski definition) is 4. The number of amidine groups is 2. The molecule has 10 heteroatoms. The second-order valence-corrected chi connectivity index (χ2v) is 10.4. The number of hydrogen-bond acceptors (Lipinski definition) is 6. The van der Waals surface area contributed by atoms with Crippen molar-refractivity contribution in [1.29, 1.82) is 10.8 Å². The molecule has 1 aliphatic heterocycles. The van der Waals surface area contributed by atoms with Crippen LogP contribution in [-0.2, 0) is 9.09 Å². The van der Waals surface area contributed by atoms with Crippen LogP contribution in [0.2, 0.25) is 0 Å². The number of nitrogens with zero attached hydrogens (tertiary/aromatic N) is 1. The van der Waals surface area contributed by atoms with Gasteiger partial charge in [0.2, 0.25) is 5.85 Å². The van der Waals surface area contributed by atoms with Crippen LogP contribution in [-0.4, -0.2) is 47.8 Å². The smallest absolute Gasteiger partial charge is 0.372 e. The molecule has 0 saturated carbocycles. The Morgan fingerprint density at radius 1 is 1.09 bits per heavy atom. The average Bonchev–Trinajstić information content (AvgIpc) is 3.31. The largest absolute Gasteiger partial charge is 0.489 e. The normalized spacial score (nSPS) is 18.1. The SMILES string of the molecule is COP(=O)(O)C(Oc1ccc2ccc(C(=N)N)cc2c1)c1ccc(OC2CCN(C(C)=N)C2)cc1. The number of nitrogens with two attached hydrogens (primary N) is 1. The summed E-state index contributed by atoms with van der Waals surface area (Å²) >= 11 is 0. The van der Waals surface area contributed by atoms with E-state index in [1.807, 2.05) is 17.0 Å². The summed E-state index contributed by atoms with van der Waals surface area (Å²) in [5.41, 5.74) is 6.64. The van der Waals surface area contributed by atoms with Crippen molar-refractivity contribution in [1.82, 2.24) is 4.90 Å². The molecule has 1 aliphatic rings. The zero-order chi connectivity index (χ0) is 25.2. The Kier molecular flexibility index (Phi) is 7.12. The molecule has 3 atom stereocenters. The maximum absolute atomic E-state index is 12.9. The fourth-order valence-electron chi connectivity index (χ4n) is 4.05. The Morgan fingerprint density at radius 2 is 1.77 bits per heavy atom. The molecule has 0 aliphatic carbocycles. The van der Waals surface area contributed by atoms with Crippen LogP contribution < -0.4 is 15.2 Å². The van der Waals surface area contributed by atoms with E-state index in [9.17, 15) is 9.46 Å². The fraction of sp³-hybridized carbons (Fsp3) is 0.280. The number of nitrogen functional groups attached to an aromatic ring is 1. The van der Waals surface area contributed by atoms with Gasteiger partial charge >= 0.3 is 7.60 Å². The monoisotopic (exact) mass is 496 g/mol. The molecule has 184 valence electrons. The van der Waals surface area contributed by atoms with Crippen LogP contribution in [0.1, 0.15) is 30.3 Å². The Balaban J connectivity index is 1.55. The standard InChI is InChI=1S/C25H29N4O5P/c1-16(26)29-12-11-23(15-29)33-21-8-6-18(7-9-21)25(35(30,31)32-2)34-22-10-5-17-3-4-19(24(27)28)13-20(17)14-22/h3-10,13-14,23,25-26H,11-12,15H2,1-2H3,(H3,27,28)(H,30,31). The molecule has 3 aromatic rings. The zero-order valence-corrected chi connectivity index (χ0v) is 20.5. The van der Waals surface area contributed by atoms with E-state index in [2.05, 4.69) is 0 Å². The van der Waals surface area contributed by atoms with Crippen molar-refractivity contribution in [3.05, 3.63) is 71.8 Å². The molecule has 9 nitrogen and oxygen atoms in total. The van der Waals surface area contributed by atoms with E-state index in [-0.39, 0.29) is 11.9 Å². The molecule has 0 aromatic heterocycles. The van der Waals surface area contributed by atoms with Gasteiger partial charge in [-0.2, -0.15) is 0 Å². The molecule has 1 heterocycles. The third-order valence-electron chi connectivity index (χ3n) is 6.02. The molecular formula is C25H29N4O5P. The summed E-state index contributed by atoms with van der Waals surface area (Å²) in [6.07, 6.45) is 0.806. The summed E-state index contributed by atoms with van der Waals surface area (Å²) in [4.78, 5) is 12.5. The number of rotatable bonds is 8. The second kappa shape index (κ2) is 10.1. The number of ether oxygens (including phenoxy) is 2. The minimum absolute atomic E-state index is 0.0198. The molecule has 1 fully saturated rings. The fourth-order valence-corrected chi connectivity index (χ4v) is 5.04. The predicted molar refractivity (Wildman–Crippen MR) is 136 cm³/mol. The van der Waals surface area contributed by atoms with E-state index >= 15 is 0 Å². The van der Waals surface area contributed by atoms with Crippen molar-refractivity contribution in [3.8, 4) is 11.5 Å². The molecule has 0 radical (unpaired) electrons. The first kappa shape index (κ1) is 24.7. The molecule has 0 spiro atoms. The summed E-state index contributed by atoms with van der Waals surface area (Å²) in [6, 6.07) is 17.5. The van der Waals surface area contributed by atoms with Gasteiger partial charge in [-0.3, -0.25) is 15.4 Å². The predicted octanol–water partition coefficient (Wildman–Crippen LogP) is 4.48. The van der Waals surface area contributed by atoms with Crippen molar-refractivity contribution < 1.29 is 23.5 Å². The van der Waals surface area contributed by atoms with Crippen molar-refractivity contribution in [2.45, 2.75) is 25.3 Å². The lowest BCUT2D eigenvalue weighted by molar-refractivity contribution is 0.207. The van der Waals surface area contributed by atoms with E-state index < -0.39 is 13.4 Å². The van der Waals surface area contributed by atoms with Gasteiger partial charge in [0.15, 0.2) is 0 Å². The Hall–Kier alpha value is -3.39. The molecule has 1 saturated heterocycles. The van der Waals surface area contributed by atoms with Crippen LogP contribution in [0.3, 0.4) is 0 Å². The molecule has 0 amide bonds. The van der Waals surface area contributed by atoms with Gasteiger partial charge < -0.3 is 29.5 Å². The van der Waals surface area contributed by atoms with Crippen molar-refractivity contribution in [2.24, 2.45) is 5.73 Å². The Labute approximate surface area is 204 Å². The van der Waals surface area contributed by atoms with E-state index in [0.29, 0.717) is 35.0 Å². The minimum atomic E-state index is -4.17. The van der Waals surface area contributed by atoms with Gasteiger partial charge in [0.1, 0.15) is 23.4 Å². The molecule has 5 N–H and O–H groups in total. The molecule has 3 aromatic carbocycles. The maximum atomic E-state index is 12.9. The number of likely N-dealkylation sites (tertiary alicyclic amines) is 1. The summed E-state index contributed by atoms with van der Waals surface area (Å²) in [6.45, 7) is 3.21. The first-order chi connectivity index (χ1) is 16.7. The van der Waals surface area contributed by atoms with Gasteiger partial charge in [0.05, 0.1) is 12.4 Å². The quantitative estimate of drug-likeness (QED) is 0.205. The molecule has 4 rings (SSSR count). The first-order valence-corrected chi connectivity index (χ1v) is 12.8. The van der Waals surface area contributed by atoms with E-state index in [4.69, 9.17) is 30.5 Å². The van der Waals surface area contributed by atoms with Crippen LogP contribution in [0, 0.1) is 10.8 Å². The third-order valence-corrected chi connectivity index (χ3v) is 7.54. The van der Waals surface area contributed by atoms with Crippen molar-refractivity contribution in [3.63, 3.8) is 0 Å². The minimum Gasteiger partial charge on any atom is -0.489 e. The van der Waals surface area contributed by atoms with Crippen molar-refractivity contribution in [2.75, 3.05) is 20.2 Å². The lowest BCUT2D eigenvalue weighted by Crippen LogP contribution is -2.28. The molecule has 3 unspecified atom stereocenters. The van der Waals surface area contributed by atoms with Crippen LogP contribution in [0.15, 0.2) is 60.7 Å². The van der Waals surface area contributed by atoms with Gasteiger partial charge in [0, 0.05) is 31.2 Å².